The fourth-order valence-electron chi connectivity index (χ4n) is 2.25. The predicted molar refractivity (Wildman–Crippen MR) is 111 cm³/mol. The molecule has 6 heteroatoms. The minimum absolute atomic E-state index is 0. The van der Waals surface area contributed by atoms with E-state index in [2.05, 4.69) is 52.4 Å². The van der Waals surface area contributed by atoms with Crippen LogP contribution in [0, 0.1) is 6.92 Å². The number of halogens is 2. The zero-order valence-electron chi connectivity index (χ0n) is 15.6. The smallest absolute Gasteiger partial charge is 0.175 e. The van der Waals surface area contributed by atoms with Crippen LogP contribution in [0.2, 0.25) is 0 Å². The predicted octanol–water partition coefficient (Wildman–Crippen LogP) is 4.63. The van der Waals surface area contributed by atoms with Gasteiger partial charge in [-0.1, -0.05) is 29.8 Å². The maximum atomic E-state index is 9.35. The summed E-state index contributed by atoms with van der Waals surface area (Å²) in [7, 11) is 1.63. The Morgan fingerprint density at radius 2 is 1.77 bits per heavy atom. The fourth-order valence-corrected chi connectivity index (χ4v) is 2.86. The zero-order valence-corrected chi connectivity index (χ0v) is 18.0. The molecule has 0 atom stereocenters. The molecule has 0 bridgehead atoms. The maximum Gasteiger partial charge on any atom is 0.175 e. The van der Waals surface area contributed by atoms with Crippen LogP contribution < -0.4 is 14.8 Å². The van der Waals surface area contributed by atoms with Crippen LogP contribution in [-0.4, -0.2) is 24.4 Å². The van der Waals surface area contributed by atoms with Crippen molar-refractivity contribution in [2.45, 2.75) is 39.5 Å². The summed E-state index contributed by atoms with van der Waals surface area (Å²) in [6, 6.07) is 12.2. The van der Waals surface area contributed by atoms with Gasteiger partial charge in [0.1, 0.15) is 6.61 Å². The van der Waals surface area contributed by atoms with Gasteiger partial charge in [0.05, 0.1) is 18.2 Å². The van der Waals surface area contributed by atoms with Gasteiger partial charge in [-0.2, -0.15) is 0 Å². The van der Waals surface area contributed by atoms with E-state index >= 15 is 0 Å². The van der Waals surface area contributed by atoms with Gasteiger partial charge >= 0.3 is 0 Å². The molecule has 0 aliphatic rings. The Hall–Kier alpha value is -1.27. The van der Waals surface area contributed by atoms with E-state index in [1.807, 2.05) is 26.0 Å². The summed E-state index contributed by atoms with van der Waals surface area (Å²) >= 11 is 3.58. The molecule has 2 aromatic carbocycles. The van der Waals surface area contributed by atoms with Crippen LogP contribution >= 0.6 is 28.3 Å². The Kier molecular flexibility index (Phi) is 8.90. The molecule has 0 saturated carbocycles. The standard InChI is InChI=1S/C20H26BrNO3.ClH/c1-14-5-7-15(8-6-14)12-25-19-17(21)9-16(10-18(19)24-4)11-22-20(2,3)13-23;/h5-10,22-23H,11-13H2,1-4H3;1H. The number of benzene rings is 2. The molecule has 2 N–H and O–H groups in total. The third kappa shape index (κ3) is 6.47. The topological polar surface area (TPSA) is 50.7 Å². The first kappa shape index (κ1) is 22.8. The van der Waals surface area contributed by atoms with E-state index in [0.29, 0.717) is 24.7 Å². The molecule has 0 amide bonds. The van der Waals surface area contributed by atoms with Crippen molar-refractivity contribution in [3.8, 4) is 11.5 Å². The Morgan fingerprint density at radius 1 is 1.12 bits per heavy atom. The molecule has 0 spiro atoms. The van der Waals surface area contributed by atoms with Crippen molar-refractivity contribution in [3.63, 3.8) is 0 Å². The van der Waals surface area contributed by atoms with Gasteiger partial charge in [0.15, 0.2) is 11.5 Å². The first-order valence-electron chi connectivity index (χ1n) is 8.25. The Balaban J connectivity index is 0.00000338. The zero-order chi connectivity index (χ0) is 18.4. The van der Waals surface area contributed by atoms with Gasteiger partial charge in [0.25, 0.3) is 0 Å². The summed E-state index contributed by atoms with van der Waals surface area (Å²) < 4.78 is 12.3. The lowest BCUT2D eigenvalue weighted by atomic mass is 10.1. The molecule has 4 nitrogen and oxygen atoms in total. The quantitative estimate of drug-likeness (QED) is 0.623. The van der Waals surface area contributed by atoms with Crippen molar-refractivity contribution in [1.29, 1.82) is 0 Å². The average Bonchev–Trinajstić information content (AvgIpc) is 2.60. The summed E-state index contributed by atoms with van der Waals surface area (Å²) in [5.74, 6) is 1.37. The SMILES string of the molecule is COc1cc(CNC(C)(C)CO)cc(Br)c1OCc1ccc(C)cc1.Cl. The molecule has 0 radical (unpaired) electrons. The van der Waals surface area contributed by atoms with Crippen LogP contribution in [-0.2, 0) is 13.2 Å². The number of nitrogens with one attached hydrogen (secondary N) is 1. The highest BCUT2D eigenvalue weighted by Crippen LogP contribution is 2.37. The van der Waals surface area contributed by atoms with Gasteiger partial charge in [0.2, 0.25) is 0 Å². The average molecular weight is 445 g/mol. The monoisotopic (exact) mass is 443 g/mol. The van der Waals surface area contributed by atoms with E-state index in [0.717, 1.165) is 15.6 Å². The molecule has 0 aliphatic heterocycles. The van der Waals surface area contributed by atoms with Crippen LogP contribution in [0.15, 0.2) is 40.9 Å². The number of ether oxygens (including phenoxy) is 2. The van der Waals surface area contributed by atoms with Crippen molar-refractivity contribution in [1.82, 2.24) is 5.32 Å². The Labute approximate surface area is 170 Å². The highest BCUT2D eigenvalue weighted by Gasteiger charge is 2.17. The molecule has 0 aliphatic carbocycles. The van der Waals surface area contributed by atoms with Gasteiger partial charge in [-0.25, -0.2) is 0 Å². The van der Waals surface area contributed by atoms with E-state index < -0.39 is 0 Å². The summed E-state index contributed by atoms with van der Waals surface area (Å²) in [4.78, 5) is 0. The van der Waals surface area contributed by atoms with Crippen LogP contribution in [0.1, 0.15) is 30.5 Å². The van der Waals surface area contributed by atoms with Gasteiger partial charge in [-0.05, 0) is 60.0 Å². The van der Waals surface area contributed by atoms with Crippen LogP contribution in [0.3, 0.4) is 0 Å². The van der Waals surface area contributed by atoms with Crippen LogP contribution in [0.5, 0.6) is 11.5 Å². The molecule has 2 rings (SSSR count). The third-order valence-corrected chi connectivity index (χ3v) is 4.55. The van der Waals surface area contributed by atoms with Crippen molar-refractivity contribution in [2.75, 3.05) is 13.7 Å². The van der Waals surface area contributed by atoms with E-state index in [4.69, 9.17) is 9.47 Å². The van der Waals surface area contributed by atoms with Crippen molar-refractivity contribution >= 4 is 28.3 Å². The van der Waals surface area contributed by atoms with Crippen molar-refractivity contribution < 1.29 is 14.6 Å². The molecule has 2 aromatic rings. The molecule has 0 aromatic heterocycles. The van der Waals surface area contributed by atoms with E-state index in [9.17, 15) is 5.11 Å². The second-order valence-electron chi connectivity index (χ2n) is 6.78. The lowest BCUT2D eigenvalue weighted by Gasteiger charge is -2.24. The van der Waals surface area contributed by atoms with Gasteiger partial charge in [-0.3, -0.25) is 0 Å². The van der Waals surface area contributed by atoms with Crippen molar-refractivity contribution in [3.05, 3.63) is 57.6 Å². The number of aryl methyl sites for hydroxylation is 1. The highest BCUT2D eigenvalue weighted by molar-refractivity contribution is 9.10. The summed E-state index contributed by atoms with van der Waals surface area (Å²) in [6.45, 7) is 7.15. The molecule has 0 unspecified atom stereocenters. The molecule has 0 fully saturated rings. The molecule has 144 valence electrons. The normalized spacial score (nSPS) is 11.0. The number of hydrogen-bond donors (Lipinski definition) is 2. The summed E-state index contributed by atoms with van der Waals surface area (Å²) in [5.41, 5.74) is 3.05. The fraction of sp³-hybridized carbons (Fsp3) is 0.400. The Morgan fingerprint density at radius 3 is 2.35 bits per heavy atom. The number of aliphatic hydroxyl groups excluding tert-OH is 1. The molecule has 0 heterocycles. The second kappa shape index (κ2) is 10.2. The molecular formula is C20H27BrClNO3. The molecule has 26 heavy (non-hydrogen) atoms. The third-order valence-electron chi connectivity index (χ3n) is 3.96. The van der Waals surface area contributed by atoms with E-state index in [1.54, 1.807) is 7.11 Å². The molecule has 0 saturated heterocycles. The second-order valence-corrected chi connectivity index (χ2v) is 7.63. The maximum absolute atomic E-state index is 9.35. The van der Waals surface area contributed by atoms with Gasteiger partial charge in [-0.15, -0.1) is 12.4 Å². The van der Waals surface area contributed by atoms with Gasteiger partial charge in [0, 0.05) is 12.1 Å². The lowest BCUT2D eigenvalue weighted by molar-refractivity contribution is 0.187. The number of rotatable bonds is 8. The van der Waals surface area contributed by atoms with Gasteiger partial charge < -0.3 is 19.9 Å². The Bertz CT molecular complexity index is 705. The summed E-state index contributed by atoms with van der Waals surface area (Å²) in [6.07, 6.45) is 0. The number of methoxy groups -OCH3 is 1. The van der Waals surface area contributed by atoms with Crippen LogP contribution in [0.25, 0.3) is 0 Å². The number of aliphatic hydroxyl groups is 1. The minimum atomic E-state index is -0.333. The lowest BCUT2D eigenvalue weighted by Crippen LogP contribution is -2.42. The number of hydrogen-bond acceptors (Lipinski definition) is 4. The molecular weight excluding hydrogens is 418 g/mol. The van der Waals surface area contributed by atoms with E-state index in [1.165, 1.54) is 5.56 Å². The first-order valence-corrected chi connectivity index (χ1v) is 9.04. The van der Waals surface area contributed by atoms with Crippen LogP contribution in [0.4, 0.5) is 0 Å². The minimum Gasteiger partial charge on any atom is -0.493 e. The first-order chi connectivity index (χ1) is 11.8. The summed E-state index contributed by atoms with van der Waals surface area (Å²) in [5, 5.41) is 12.7. The largest absolute Gasteiger partial charge is 0.493 e. The highest BCUT2D eigenvalue weighted by atomic mass is 79.9. The van der Waals surface area contributed by atoms with E-state index in [-0.39, 0.29) is 24.6 Å². The van der Waals surface area contributed by atoms with Crippen molar-refractivity contribution in [2.24, 2.45) is 0 Å².